The van der Waals surface area contributed by atoms with Crippen molar-refractivity contribution in [2.24, 2.45) is 5.92 Å². The Labute approximate surface area is 164 Å². The van der Waals surface area contributed by atoms with E-state index in [4.69, 9.17) is 23.8 Å². The quantitative estimate of drug-likeness (QED) is 0.196. The summed E-state index contributed by atoms with van der Waals surface area (Å²) in [5.41, 5.74) is -0.0460. The van der Waals surface area contributed by atoms with E-state index in [0.29, 0.717) is 6.42 Å². The Morgan fingerprint density at radius 1 is 1.29 bits per heavy atom. The molecule has 2 atom stereocenters. The molecule has 0 saturated carbocycles. The standard InChI is InChI=1S/C20H26O8/c1-5-17(21)23-11-12-24-20(14-25-28-20)27-18(22)26-19(4,13-15(2)3)16-9-7-6-8-10-16/h5-10,15H,1,11-14H2,2-4H3. The molecule has 8 heteroatoms. The van der Waals surface area contributed by atoms with Crippen LogP contribution < -0.4 is 0 Å². The van der Waals surface area contributed by atoms with Crippen molar-refractivity contribution in [1.82, 2.24) is 0 Å². The van der Waals surface area contributed by atoms with Crippen molar-refractivity contribution in [3.63, 3.8) is 0 Å². The van der Waals surface area contributed by atoms with Crippen molar-refractivity contribution in [2.75, 3.05) is 19.8 Å². The molecule has 1 aliphatic rings. The smallest absolute Gasteiger partial charge is 0.460 e. The minimum absolute atomic E-state index is 0.0660. The van der Waals surface area contributed by atoms with E-state index < -0.39 is 23.7 Å². The third-order valence-electron chi connectivity index (χ3n) is 3.97. The maximum atomic E-state index is 12.5. The van der Waals surface area contributed by atoms with Crippen molar-refractivity contribution in [2.45, 2.75) is 38.8 Å². The van der Waals surface area contributed by atoms with Crippen LogP contribution in [0.5, 0.6) is 0 Å². The molecule has 0 bridgehead atoms. The van der Waals surface area contributed by atoms with Crippen LogP contribution in [0, 0.1) is 5.92 Å². The second kappa shape index (κ2) is 9.68. The zero-order chi connectivity index (χ0) is 20.6. The number of benzene rings is 1. The molecule has 0 radical (unpaired) electrons. The molecule has 28 heavy (non-hydrogen) atoms. The number of ether oxygens (including phenoxy) is 4. The van der Waals surface area contributed by atoms with Crippen molar-refractivity contribution in [3.05, 3.63) is 48.6 Å². The highest BCUT2D eigenvalue weighted by molar-refractivity contribution is 5.81. The molecule has 2 unspecified atom stereocenters. The van der Waals surface area contributed by atoms with Crippen LogP contribution in [0.25, 0.3) is 0 Å². The molecule has 1 aliphatic heterocycles. The van der Waals surface area contributed by atoms with E-state index in [1.54, 1.807) is 0 Å². The SMILES string of the molecule is C=CC(=O)OCCOC1(OC(=O)OC(C)(CC(C)C)c2ccccc2)COO1. The van der Waals surface area contributed by atoms with E-state index in [0.717, 1.165) is 11.6 Å². The Morgan fingerprint density at radius 3 is 2.50 bits per heavy atom. The normalized spacial score (nSPS) is 20.6. The van der Waals surface area contributed by atoms with Gasteiger partial charge in [-0.15, -0.1) is 0 Å². The lowest BCUT2D eigenvalue weighted by molar-refractivity contribution is -0.597. The third kappa shape index (κ3) is 6.05. The van der Waals surface area contributed by atoms with E-state index in [1.165, 1.54) is 0 Å². The van der Waals surface area contributed by atoms with Crippen molar-refractivity contribution >= 4 is 12.1 Å². The Hall–Kier alpha value is -2.42. The average Bonchev–Trinajstić information content (AvgIpc) is 2.62. The number of rotatable bonds is 10. The lowest BCUT2D eigenvalue weighted by Gasteiger charge is -2.38. The van der Waals surface area contributed by atoms with Gasteiger partial charge in [0, 0.05) is 6.08 Å². The predicted molar refractivity (Wildman–Crippen MR) is 97.7 cm³/mol. The van der Waals surface area contributed by atoms with Gasteiger partial charge in [0.15, 0.2) is 6.61 Å². The van der Waals surface area contributed by atoms with Crippen LogP contribution in [0.3, 0.4) is 0 Å². The lowest BCUT2D eigenvalue weighted by Crippen LogP contribution is -2.54. The molecule has 0 N–H and O–H groups in total. The summed E-state index contributed by atoms with van der Waals surface area (Å²) in [4.78, 5) is 32.9. The summed E-state index contributed by atoms with van der Waals surface area (Å²) < 4.78 is 21.0. The molecule has 1 aromatic carbocycles. The molecule has 0 aromatic heterocycles. The van der Waals surface area contributed by atoms with E-state index in [1.807, 2.05) is 51.1 Å². The number of esters is 1. The summed E-state index contributed by atoms with van der Waals surface area (Å²) in [7, 11) is 0. The van der Waals surface area contributed by atoms with Gasteiger partial charge in [0.05, 0.1) is 6.61 Å². The molecular formula is C20H26O8. The molecule has 2 rings (SSSR count). The van der Waals surface area contributed by atoms with Gasteiger partial charge >= 0.3 is 18.1 Å². The fourth-order valence-electron chi connectivity index (χ4n) is 2.82. The highest BCUT2D eigenvalue weighted by atomic mass is 17.3. The third-order valence-corrected chi connectivity index (χ3v) is 3.97. The topological polar surface area (TPSA) is 89.5 Å². The van der Waals surface area contributed by atoms with E-state index in [2.05, 4.69) is 11.5 Å². The van der Waals surface area contributed by atoms with Crippen molar-refractivity contribution in [1.29, 1.82) is 0 Å². The summed E-state index contributed by atoms with van der Waals surface area (Å²) in [5.74, 6) is -2.05. The molecule has 1 fully saturated rings. The first-order valence-electron chi connectivity index (χ1n) is 9.00. The first-order chi connectivity index (χ1) is 13.3. The van der Waals surface area contributed by atoms with Crippen LogP contribution in [0.4, 0.5) is 4.79 Å². The average molecular weight is 394 g/mol. The van der Waals surface area contributed by atoms with Gasteiger partial charge in [-0.2, -0.15) is 4.89 Å². The zero-order valence-corrected chi connectivity index (χ0v) is 16.3. The van der Waals surface area contributed by atoms with E-state index in [-0.39, 0.29) is 25.7 Å². The molecule has 0 spiro atoms. The Bertz CT molecular complexity index is 668. The van der Waals surface area contributed by atoms with Gasteiger partial charge in [0.2, 0.25) is 0 Å². The molecule has 154 valence electrons. The van der Waals surface area contributed by atoms with E-state index >= 15 is 0 Å². The monoisotopic (exact) mass is 394 g/mol. The first kappa shape index (κ1) is 21.9. The summed E-state index contributed by atoms with van der Waals surface area (Å²) in [6.45, 7) is 8.91. The Morgan fingerprint density at radius 2 is 1.96 bits per heavy atom. The number of hydrogen-bond acceptors (Lipinski definition) is 8. The lowest BCUT2D eigenvalue weighted by atomic mass is 9.87. The maximum Gasteiger partial charge on any atom is 0.513 e. The first-order valence-corrected chi connectivity index (χ1v) is 9.00. The van der Waals surface area contributed by atoms with Gasteiger partial charge in [-0.3, -0.25) is 0 Å². The van der Waals surface area contributed by atoms with Crippen LogP contribution in [0.2, 0.25) is 0 Å². The summed E-state index contributed by atoms with van der Waals surface area (Å²) in [6, 6.07) is 9.41. The van der Waals surface area contributed by atoms with Gasteiger partial charge in [-0.1, -0.05) is 50.8 Å². The second-order valence-corrected chi connectivity index (χ2v) is 6.90. The summed E-state index contributed by atoms with van der Waals surface area (Å²) in [5, 5.41) is 0. The molecule has 8 nitrogen and oxygen atoms in total. The van der Waals surface area contributed by atoms with Gasteiger partial charge in [-0.25, -0.2) is 14.5 Å². The van der Waals surface area contributed by atoms with Gasteiger partial charge in [0.1, 0.15) is 12.2 Å². The molecule has 1 aromatic rings. The minimum atomic E-state index is -1.73. The highest BCUT2D eigenvalue weighted by Gasteiger charge is 2.49. The molecule has 1 heterocycles. The molecule has 1 saturated heterocycles. The van der Waals surface area contributed by atoms with Crippen molar-refractivity contribution < 1.29 is 38.3 Å². The second-order valence-electron chi connectivity index (χ2n) is 6.90. The number of hydrogen-bond donors (Lipinski definition) is 0. The van der Waals surface area contributed by atoms with Gasteiger partial charge in [-0.05, 0) is 24.8 Å². The van der Waals surface area contributed by atoms with Crippen LogP contribution in [-0.2, 0) is 39.1 Å². The van der Waals surface area contributed by atoms with Gasteiger partial charge in [0.25, 0.3) is 0 Å². The zero-order valence-electron chi connectivity index (χ0n) is 16.3. The van der Waals surface area contributed by atoms with Gasteiger partial charge < -0.3 is 18.9 Å². The summed E-state index contributed by atoms with van der Waals surface area (Å²) in [6.07, 6.45) is 0.666. The van der Waals surface area contributed by atoms with Crippen LogP contribution in [-0.4, -0.2) is 37.9 Å². The number of carbonyl (C=O) groups excluding carboxylic acids is 2. The molecule has 0 amide bonds. The Kier molecular flexibility index (Phi) is 7.56. The maximum absolute atomic E-state index is 12.5. The van der Waals surface area contributed by atoms with Crippen LogP contribution >= 0.6 is 0 Å². The van der Waals surface area contributed by atoms with Crippen LogP contribution in [0.1, 0.15) is 32.8 Å². The largest absolute Gasteiger partial charge is 0.513 e. The molecular weight excluding hydrogens is 368 g/mol. The fraction of sp³-hybridized carbons (Fsp3) is 0.500. The highest BCUT2D eigenvalue weighted by Crippen LogP contribution is 2.34. The molecule has 0 aliphatic carbocycles. The Balaban J connectivity index is 1.97. The van der Waals surface area contributed by atoms with E-state index in [9.17, 15) is 9.59 Å². The predicted octanol–water partition coefficient (Wildman–Crippen LogP) is 3.46. The fourth-order valence-corrected chi connectivity index (χ4v) is 2.82. The number of carbonyl (C=O) groups is 2. The summed E-state index contributed by atoms with van der Waals surface area (Å²) >= 11 is 0. The minimum Gasteiger partial charge on any atom is -0.460 e. The van der Waals surface area contributed by atoms with Crippen molar-refractivity contribution in [3.8, 4) is 0 Å². The van der Waals surface area contributed by atoms with Crippen LogP contribution in [0.15, 0.2) is 43.0 Å².